The molecule has 2 saturated heterocycles. The van der Waals surface area contributed by atoms with Crippen molar-refractivity contribution in [2.45, 2.75) is 25.3 Å². The van der Waals surface area contributed by atoms with E-state index in [-0.39, 0.29) is 0 Å². The minimum absolute atomic E-state index is 0.403. The third-order valence-electron chi connectivity index (χ3n) is 4.99. The fourth-order valence-corrected chi connectivity index (χ4v) is 3.97. The number of hydrogen-bond donors (Lipinski definition) is 2. The number of amides is 1. The minimum Gasteiger partial charge on any atom is -0.397 e. The van der Waals surface area contributed by atoms with E-state index in [1.54, 1.807) is 12.1 Å². The first-order valence-electron chi connectivity index (χ1n) is 7.71. The van der Waals surface area contributed by atoms with Gasteiger partial charge in [-0.05, 0) is 50.9 Å². The summed E-state index contributed by atoms with van der Waals surface area (Å²) in [6.07, 6.45) is 3.62. The predicted octanol–water partition coefficient (Wildman–Crippen LogP) is 1.29. The molecular weight excluding hydrogens is 264 g/mol. The predicted molar refractivity (Wildman–Crippen MR) is 85.3 cm³/mol. The third kappa shape index (κ3) is 2.58. The highest BCUT2D eigenvalue weighted by atomic mass is 16.1. The van der Waals surface area contributed by atoms with Crippen LogP contribution in [0.4, 0.5) is 11.4 Å². The molecule has 1 aromatic rings. The number of anilines is 2. The van der Waals surface area contributed by atoms with Crippen molar-refractivity contribution in [1.29, 1.82) is 0 Å². The number of nitrogen functional groups attached to an aromatic ring is 1. The molecule has 0 spiro atoms. The van der Waals surface area contributed by atoms with Gasteiger partial charge in [-0.1, -0.05) is 6.07 Å². The molecule has 114 valence electrons. The van der Waals surface area contributed by atoms with E-state index in [9.17, 15) is 4.79 Å². The molecule has 5 heteroatoms. The number of piperidine rings is 2. The van der Waals surface area contributed by atoms with E-state index >= 15 is 0 Å². The van der Waals surface area contributed by atoms with E-state index in [1.807, 2.05) is 6.07 Å². The van der Waals surface area contributed by atoms with Crippen LogP contribution in [0.15, 0.2) is 18.2 Å². The average Bonchev–Trinajstić information content (AvgIpc) is 2.46. The highest BCUT2D eigenvalue weighted by Gasteiger charge is 2.35. The van der Waals surface area contributed by atoms with Gasteiger partial charge in [-0.25, -0.2) is 0 Å². The summed E-state index contributed by atoms with van der Waals surface area (Å²) in [4.78, 5) is 16.4. The van der Waals surface area contributed by atoms with Gasteiger partial charge in [0.1, 0.15) is 0 Å². The second kappa shape index (κ2) is 5.56. The number of benzene rings is 1. The fourth-order valence-electron chi connectivity index (χ4n) is 3.97. The maximum atomic E-state index is 11.7. The molecule has 3 rings (SSSR count). The molecule has 2 fully saturated rings. The van der Waals surface area contributed by atoms with Gasteiger partial charge in [0.05, 0.1) is 16.9 Å². The summed E-state index contributed by atoms with van der Waals surface area (Å²) >= 11 is 0. The number of primary amides is 1. The van der Waals surface area contributed by atoms with Crippen LogP contribution in [0, 0.1) is 5.92 Å². The lowest BCUT2D eigenvalue weighted by molar-refractivity contribution is 0.0992. The Labute approximate surface area is 125 Å². The van der Waals surface area contributed by atoms with Crippen LogP contribution < -0.4 is 16.4 Å². The van der Waals surface area contributed by atoms with Gasteiger partial charge in [0.2, 0.25) is 0 Å². The van der Waals surface area contributed by atoms with Crippen molar-refractivity contribution in [2.24, 2.45) is 11.7 Å². The number of hydrogen-bond acceptors (Lipinski definition) is 4. The van der Waals surface area contributed by atoms with E-state index in [1.165, 1.54) is 19.4 Å². The maximum Gasteiger partial charge on any atom is 0.250 e. The van der Waals surface area contributed by atoms with E-state index < -0.39 is 5.91 Å². The smallest absolute Gasteiger partial charge is 0.250 e. The quantitative estimate of drug-likeness (QED) is 0.804. The van der Waals surface area contributed by atoms with Crippen LogP contribution in [0.3, 0.4) is 0 Å². The molecule has 0 aliphatic carbocycles. The highest BCUT2D eigenvalue weighted by molar-refractivity contribution is 6.01. The Bertz CT molecular complexity index is 545. The topological polar surface area (TPSA) is 75.6 Å². The lowest BCUT2D eigenvalue weighted by Gasteiger charge is -2.47. The maximum absolute atomic E-state index is 11.7. The summed E-state index contributed by atoms with van der Waals surface area (Å²) < 4.78 is 0. The third-order valence-corrected chi connectivity index (χ3v) is 4.99. The number of nitrogens with zero attached hydrogens (tertiary/aromatic N) is 2. The number of carbonyl (C=O) groups is 1. The Morgan fingerprint density at radius 1 is 1.29 bits per heavy atom. The van der Waals surface area contributed by atoms with E-state index in [0.29, 0.717) is 23.2 Å². The van der Waals surface area contributed by atoms with Crippen molar-refractivity contribution in [1.82, 2.24) is 4.90 Å². The van der Waals surface area contributed by atoms with Crippen molar-refractivity contribution < 1.29 is 4.79 Å². The lowest BCUT2D eigenvalue weighted by Crippen LogP contribution is -2.53. The second-order valence-electron chi connectivity index (χ2n) is 6.29. The molecule has 0 saturated carbocycles. The fraction of sp³-hybridized carbons (Fsp3) is 0.562. The Kier molecular flexibility index (Phi) is 3.76. The first-order valence-corrected chi connectivity index (χ1v) is 7.71. The van der Waals surface area contributed by atoms with Crippen LogP contribution in [0.1, 0.15) is 29.6 Å². The summed E-state index contributed by atoms with van der Waals surface area (Å²) in [5, 5.41) is 0. The minimum atomic E-state index is -0.403. The van der Waals surface area contributed by atoms with E-state index in [2.05, 4.69) is 16.8 Å². The monoisotopic (exact) mass is 288 g/mol. The van der Waals surface area contributed by atoms with Crippen LogP contribution >= 0.6 is 0 Å². The van der Waals surface area contributed by atoms with Gasteiger partial charge >= 0.3 is 0 Å². The number of likely N-dealkylation sites (tertiary alicyclic amines) is 1. The van der Waals surface area contributed by atoms with Gasteiger partial charge in [-0.15, -0.1) is 0 Å². The van der Waals surface area contributed by atoms with Crippen LogP contribution in [0.25, 0.3) is 0 Å². The van der Waals surface area contributed by atoms with Crippen molar-refractivity contribution in [3.05, 3.63) is 23.8 Å². The van der Waals surface area contributed by atoms with Gasteiger partial charge in [-0.2, -0.15) is 0 Å². The summed E-state index contributed by atoms with van der Waals surface area (Å²) in [6.45, 7) is 3.09. The highest BCUT2D eigenvalue weighted by Crippen LogP contribution is 2.35. The molecule has 2 heterocycles. The molecule has 1 aromatic carbocycles. The molecule has 2 aliphatic heterocycles. The molecule has 4 N–H and O–H groups in total. The Balaban J connectivity index is 1.87. The average molecular weight is 288 g/mol. The van der Waals surface area contributed by atoms with Gasteiger partial charge < -0.3 is 21.3 Å². The zero-order valence-corrected chi connectivity index (χ0v) is 12.6. The summed E-state index contributed by atoms with van der Waals surface area (Å²) in [5.74, 6) is 0.248. The van der Waals surface area contributed by atoms with Gasteiger partial charge in [0, 0.05) is 19.1 Å². The Morgan fingerprint density at radius 2 is 2.10 bits per heavy atom. The van der Waals surface area contributed by atoms with Gasteiger partial charge in [0.25, 0.3) is 5.91 Å². The van der Waals surface area contributed by atoms with Crippen molar-refractivity contribution in [3.8, 4) is 0 Å². The summed E-state index contributed by atoms with van der Waals surface area (Å²) in [5.41, 5.74) is 13.7. The lowest BCUT2D eigenvalue weighted by atomic mass is 9.84. The van der Waals surface area contributed by atoms with Gasteiger partial charge in [-0.3, -0.25) is 4.79 Å². The first-order chi connectivity index (χ1) is 10.1. The largest absolute Gasteiger partial charge is 0.397 e. The zero-order chi connectivity index (χ0) is 15.0. The number of fused-ring (bicyclic) bond motifs is 1. The number of rotatable bonds is 2. The molecule has 2 unspecified atom stereocenters. The van der Waals surface area contributed by atoms with Gasteiger partial charge in [0.15, 0.2) is 0 Å². The van der Waals surface area contributed by atoms with Crippen molar-refractivity contribution >= 4 is 17.3 Å². The molecule has 1 amide bonds. The van der Waals surface area contributed by atoms with E-state index in [4.69, 9.17) is 11.5 Å². The first kappa shape index (κ1) is 14.2. The molecule has 21 heavy (non-hydrogen) atoms. The van der Waals surface area contributed by atoms with Crippen molar-refractivity contribution in [2.75, 3.05) is 37.3 Å². The molecule has 2 aliphatic rings. The van der Waals surface area contributed by atoms with E-state index in [0.717, 1.165) is 25.2 Å². The Hall–Kier alpha value is -1.75. The molecule has 0 radical (unpaired) electrons. The number of nitrogens with two attached hydrogens (primary N) is 2. The molecule has 5 nitrogen and oxygen atoms in total. The summed E-state index contributed by atoms with van der Waals surface area (Å²) in [6, 6.07) is 6.07. The molecular formula is C16H24N4O. The number of carbonyl (C=O) groups excluding carboxylic acids is 1. The second-order valence-corrected chi connectivity index (χ2v) is 6.29. The molecule has 2 atom stereocenters. The zero-order valence-electron chi connectivity index (χ0n) is 12.6. The Morgan fingerprint density at radius 3 is 2.86 bits per heavy atom. The molecule has 0 bridgehead atoms. The summed E-state index contributed by atoms with van der Waals surface area (Å²) in [7, 11) is 2.22. The van der Waals surface area contributed by atoms with Crippen molar-refractivity contribution in [3.63, 3.8) is 0 Å². The van der Waals surface area contributed by atoms with Crippen LogP contribution in [-0.2, 0) is 0 Å². The van der Waals surface area contributed by atoms with Crippen LogP contribution in [0.5, 0.6) is 0 Å². The standard InChI is InChI=1S/C16H24N4O/c1-19-8-3-4-11-10-20(9-7-14(11)19)15-12(16(18)21)5-2-6-13(15)17/h2,5-6,11,14H,3-4,7-10,17H2,1H3,(H2,18,21). The van der Waals surface area contributed by atoms with Crippen LogP contribution in [-0.4, -0.2) is 43.5 Å². The normalized spacial score (nSPS) is 26.4. The SMILES string of the molecule is CN1CCCC2CN(c3c(N)cccc3C(N)=O)CCC21. The molecule has 0 aromatic heterocycles. The number of para-hydroxylation sites is 1. The van der Waals surface area contributed by atoms with Crippen LogP contribution in [0.2, 0.25) is 0 Å².